The van der Waals surface area contributed by atoms with Gasteiger partial charge >= 0.3 is 0 Å². The van der Waals surface area contributed by atoms with Gasteiger partial charge in [-0.25, -0.2) is 4.39 Å². The first kappa shape index (κ1) is 20.8. The van der Waals surface area contributed by atoms with Gasteiger partial charge in [0, 0.05) is 50.6 Å². The third-order valence-corrected chi connectivity index (χ3v) is 6.20. The maximum atomic E-state index is 13.4. The summed E-state index contributed by atoms with van der Waals surface area (Å²) in [5.74, 6) is -0.734. The van der Waals surface area contributed by atoms with E-state index in [-0.39, 0.29) is 34.6 Å². The van der Waals surface area contributed by atoms with Gasteiger partial charge in [0.2, 0.25) is 11.8 Å². The van der Waals surface area contributed by atoms with E-state index in [1.165, 1.54) is 18.2 Å². The Labute approximate surface area is 179 Å². The minimum absolute atomic E-state index is 0.0389. The topological polar surface area (TPSA) is 76.5 Å². The molecule has 1 N–H and O–H groups in total. The van der Waals surface area contributed by atoms with Crippen LogP contribution in [0.4, 0.5) is 15.8 Å². The largest absolute Gasteiger partial charge is 0.384 e. The maximum Gasteiger partial charge on any atom is 0.228 e. The molecule has 1 aromatic carbocycles. The van der Waals surface area contributed by atoms with Gasteiger partial charge in [-0.1, -0.05) is 18.5 Å². The average molecular weight is 435 g/mol. The smallest absolute Gasteiger partial charge is 0.228 e. The number of fused-ring (bicyclic) bond motifs is 1. The van der Waals surface area contributed by atoms with E-state index >= 15 is 0 Å². The highest BCUT2D eigenvalue weighted by Crippen LogP contribution is 2.35. The SMILES string of the molecule is COCC1CC(=O)N(c2cnn3c2CC(C(=O)Nc2ccc(F)c(Cl)c2)[C@H](C)C3)C1. The lowest BCUT2D eigenvalue weighted by molar-refractivity contribution is -0.122. The fourth-order valence-electron chi connectivity index (χ4n) is 4.32. The Hall–Kier alpha value is -2.45. The van der Waals surface area contributed by atoms with E-state index < -0.39 is 5.82 Å². The van der Waals surface area contributed by atoms with Crippen molar-refractivity contribution in [1.82, 2.24) is 9.78 Å². The monoisotopic (exact) mass is 434 g/mol. The predicted octanol–water partition coefficient (Wildman–Crippen LogP) is 3.12. The van der Waals surface area contributed by atoms with Gasteiger partial charge in [-0.15, -0.1) is 0 Å². The van der Waals surface area contributed by atoms with Crippen LogP contribution < -0.4 is 10.2 Å². The normalized spacial score (nSPS) is 23.5. The number of benzene rings is 1. The van der Waals surface area contributed by atoms with Crippen LogP contribution in [-0.2, 0) is 27.3 Å². The highest BCUT2D eigenvalue weighted by atomic mass is 35.5. The third-order valence-electron chi connectivity index (χ3n) is 5.91. The van der Waals surface area contributed by atoms with Crippen LogP contribution >= 0.6 is 11.6 Å². The van der Waals surface area contributed by atoms with Crippen molar-refractivity contribution >= 4 is 34.8 Å². The summed E-state index contributed by atoms with van der Waals surface area (Å²) >= 11 is 5.82. The van der Waals surface area contributed by atoms with Crippen LogP contribution in [0.2, 0.25) is 5.02 Å². The summed E-state index contributed by atoms with van der Waals surface area (Å²) in [7, 11) is 1.63. The van der Waals surface area contributed by atoms with Gasteiger partial charge in [0.25, 0.3) is 0 Å². The Morgan fingerprint density at radius 2 is 2.17 bits per heavy atom. The standard InChI is InChI=1S/C21H24ClFN4O3/c1-12-9-27-18(19(8-24-27)26-10-13(11-30-2)5-20(26)28)7-15(12)21(29)25-14-3-4-17(23)16(22)6-14/h3-4,6,8,12-13,15H,5,7,9-11H2,1-2H3,(H,25,29)/t12-,13?,15?/m1/s1. The molecule has 2 amide bonds. The molecule has 2 unspecified atom stereocenters. The predicted molar refractivity (Wildman–Crippen MR) is 111 cm³/mol. The highest BCUT2D eigenvalue weighted by Gasteiger charge is 2.37. The Morgan fingerprint density at radius 3 is 2.90 bits per heavy atom. The summed E-state index contributed by atoms with van der Waals surface area (Å²) < 4.78 is 20.5. The Bertz CT molecular complexity index is 979. The lowest BCUT2D eigenvalue weighted by Crippen LogP contribution is -2.37. The lowest BCUT2D eigenvalue weighted by Gasteiger charge is -2.30. The second kappa shape index (κ2) is 8.35. The van der Waals surface area contributed by atoms with Crippen LogP contribution in [0, 0.1) is 23.6 Å². The van der Waals surface area contributed by atoms with Gasteiger partial charge in [0.05, 0.1) is 29.2 Å². The van der Waals surface area contributed by atoms with E-state index in [1.54, 1.807) is 18.2 Å². The minimum atomic E-state index is -0.531. The van der Waals surface area contributed by atoms with Gasteiger partial charge in [-0.3, -0.25) is 14.3 Å². The first-order valence-corrected chi connectivity index (χ1v) is 10.3. The molecule has 7 nitrogen and oxygen atoms in total. The number of carbonyl (C=O) groups excluding carboxylic acids is 2. The van der Waals surface area contributed by atoms with Crippen molar-refractivity contribution in [3.8, 4) is 0 Å². The molecule has 160 valence electrons. The average Bonchev–Trinajstić information content (AvgIpc) is 3.26. The molecule has 3 atom stereocenters. The molecule has 0 aliphatic carbocycles. The number of methoxy groups -OCH3 is 1. The molecule has 2 aromatic rings. The fraction of sp³-hybridized carbons (Fsp3) is 0.476. The third kappa shape index (κ3) is 3.94. The molecular formula is C21H24ClFN4O3. The molecule has 1 saturated heterocycles. The number of nitrogens with zero attached hydrogens (tertiary/aromatic N) is 3. The van der Waals surface area contributed by atoms with Crippen LogP contribution in [0.3, 0.4) is 0 Å². The highest BCUT2D eigenvalue weighted by molar-refractivity contribution is 6.31. The van der Waals surface area contributed by atoms with Crippen LogP contribution in [0.1, 0.15) is 19.0 Å². The summed E-state index contributed by atoms with van der Waals surface area (Å²) in [5, 5.41) is 7.26. The molecule has 0 saturated carbocycles. The van der Waals surface area contributed by atoms with Crippen molar-refractivity contribution in [2.24, 2.45) is 17.8 Å². The number of aromatic nitrogens is 2. The zero-order valence-electron chi connectivity index (χ0n) is 16.9. The zero-order valence-corrected chi connectivity index (χ0v) is 17.7. The van der Waals surface area contributed by atoms with Gasteiger partial charge < -0.3 is 15.0 Å². The molecule has 9 heteroatoms. The molecule has 0 radical (unpaired) electrons. The molecular weight excluding hydrogens is 411 g/mol. The van der Waals surface area contributed by atoms with Crippen LogP contribution in [0.15, 0.2) is 24.4 Å². The molecule has 4 rings (SSSR count). The molecule has 1 fully saturated rings. The van der Waals surface area contributed by atoms with E-state index in [2.05, 4.69) is 10.4 Å². The summed E-state index contributed by atoms with van der Waals surface area (Å²) in [6, 6.07) is 4.11. The molecule has 0 bridgehead atoms. The van der Waals surface area contributed by atoms with Crippen LogP contribution in [-0.4, -0.2) is 41.9 Å². The van der Waals surface area contributed by atoms with Gasteiger partial charge in [0.1, 0.15) is 5.82 Å². The summed E-state index contributed by atoms with van der Waals surface area (Å²) in [6.45, 7) is 3.71. The number of nitrogens with one attached hydrogen (secondary N) is 1. The Balaban J connectivity index is 1.52. The van der Waals surface area contributed by atoms with E-state index in [1.807, 2.05) is 11.6 Å². The molecule has 3 heterocycles. The number of carbonyl (C=O) groups is 2. The van der Waals surface area contributed by atoms with Gasteiger partial charge in [-0.2, -0.15) is 5.10 Å². The first-order chi connectivity index (χ1) is 14.4. The van der Waals surface area contributed by atoms with Gasteiger partial charge in [-0.05, 0) is 24.1 Å². The number of rotatable bonds is 5. The second-order valence-corrected chi connectivity index (χ2v) is 8.50. The fourth-order valence-corrected chi connectivity index (χ4v) is 4.51. The number of hydrogen-bond donors (Lipinski definition) is 1. The zero-order chi connectivity index (χ0) is 21.4. The van der Waals surface area contributed by atoms with Crippen LogP contribution in [0.25, 0.3) is 0 Å². The van der Waals surface area contributed by atoms with E-state index in [0.717, 1.165) is 11.4 Å². The lowest BCUT2D eigenvalue weighted by atomic mass is 9.85. The van der Waals surface area contributed by atoms with E-state index in [0.29, 0.717) is 38.2 Å². The summed E-state index contributed by atoms with van der Waals surface area (Å²) in [6.07, 6.45) is 2.63. The first-order valence-electron chi connectivity index (χ1n) is 9.97. The molecule has 30 heavy (non-hydrogen) atoms. The second-order valence-electron chi connectivity index (χ2n) is 8.09. The quantitative estimate of drug-likeness (QED) is 0.784. The Morgan fingerprint density at radius 1 is 1.37 bits per heavy atom. The molecule has 2 aliphatic rings. The van der Waals surface area contributed by atoms with Crippen molar-refractivity contribution in [3.05, 3.63) is 40.9 Å². The Kier molecular flexibility index (Phi) is 5.79. The number of anilines is 2. The van der Waals surface area contributed by atoms with Crippen molar-refractivity contribution in [3.63, 3.8) is 0 Å². The van der Waals surface area contributed by atoms with Crippen LogP contribution in [0.5, 0.6) is 0 Å². The van der Waals surface area contributed by atoms with E-state index in [9.17, 15) is 14.0 Å². The van der Waals surface area contributed by atoms with Crippen molar-refractivity contribution in [2.45, 2.75) is 26.3 Å². The van der Waals surface area contributed by atoms with Crippen molar-refractivity contribution in [2.75, 3.05) is 30.5 Å². The number of ether oxygens (including phenoxy) is 1. The molecule has 1 aromatic heterocycles. The van der Waals surface area contributed by atoms with Gasteiger partial charge in [0.15, 0.2) is 0 Å². The molecule has 0 spiro atoms. The summed E-state index contributed by atoms with van der Waals surface area (Å²) in [4.78, 5) is 27.3. The number of amides is 2. The molecule has 2 aliphatic heterocycles. The number of halogens is 2. The summed E-state index contributed by atoms with van der Waals surface area (Å²) in [5.41, 5.74) is 2.11. The van der Waals surface area contributed by atoms with E-state index in [4.69, 9.17) is 16.3 Å². The van der Waals surface area contributed by atoms with Crippen molar-refractivity contribution in [1.29, 1.82) is 0 Å². The number of hydrogen-bond acceptors (Lipinski definition) is 4. The maximum absolute atomic E-state index is 13.4. The minimum Gasteiger partial charge on any atom is -0.384 e. The van der Waals surface area contributed by atoms with Crippen molar-refractivity contribution < 1.29 is 18.7 Å².